The number of aryl methyl sites for hydroxylation is 2. The summed E-state index contributed by atoms with van der Waals surface area (Å²) in [5.74, 6) is -0.853. The van der Waals surface area contributed by atoms with Crippen molar-refractivity contribution in [1.82, 2.24) is 0 Å². The summed E-state index contributed by atoms with van der Waals surface area (Å²) in [6.07, 6.45) is 1.60. The lowest BCUT2D eigenvalue weighted by molar-refractivity contribution is 0.0695. The number of rotatable bonds is 4. The molecule has 0 saturated carbocycles. The van der Waals surface area contributed by atoms with Crippen molar-refractivity contribution in [2.45, 2.75) is 39.0 Å². The zero-order valence-electron chi connectivity index (χ0n) is 12.9. The Kier molecular flexibility index (Phi) is 4.46. The normalized spacial score (nSPS) is 11.4. The van der Waals surface area contributed by atoms with Gasteiger partial charge in [-0.3, -0.25) is 0 Å². The molecule has 2 rings (SSSR count). The van der Waals surface area contributed by atoms with Gasteiger partial charge < -0.3 is 5.11 Å². The first-order valence-corrected chi connectivity index (χ1v) is 7.28. The lowest BCUT2D eigenvalue weighted by Crippen LogP contribution is -2.10. The van der Waals surface area contributed by atoms with Crippen LogP contribution >= 0.6 is 0 Å². The molecule has 0 atom stereocenters. The molecule has 2 aromatic carbocycles. The van der Waals surface area contributed by atoms with Gasteiger partial charge in [0.05, 0.1) is 5.56 Å². The first kappa shape index (κ1) is 15.3. The van der Waals surface area contributed by atoms with Crippen LogP contribution in [0.15, 0.2) is 48.5 Å². The van der Waals surface area contributed by atoms with Crippen LogP contribution in [-0.2, 0) is 18.3 Å². The van der Waals surface area contributed by atoms with Crippen LogP contribution < -0.4 is 0 Å². The zero-order chi connectivity index (χ0) is 15.5. The molecule has 2 aromatic rings. The van der Waals surface area contributed by atoms with E-state index in [-0.39, 0.29) is 5.41 Å². The number of carbonyl (C=O) groups is 1. The third kappa shape index (κ3) is 3.94. The lowest BCUT2D eigenvalue weighted by atomic mass is 9.86. The Balaban J connectivity index is 2.09. The van der Waals surface area contributed by atoms with Crippen molar-refractivity contribution in [2.75, 3.05) is 0 Å². The number of carboxylic acid groups (broad SMARTS) is 1. The van der Waals surface area contributed by atoms with Crippen LogP contribution in [0.5, 0.6) is 0 Å². The van der Waals surface area contributed by atoms with Crippen LogP contribution in [0.3, 0.4) is 0 Å². The number of hydrogen-bond acceptors (Lipinski definition) is 1. The molecule has 2 heteroatoms. The second-order valence-corrected chi connectivity index (χ2v) is 6.41. The minimum Gasteiger partial charge on any atom is -0.478 e. The highest BCUT2D eigenvalue weighted by Gasteiger charge is 2.13. The highest BCUT2D eigenvalue weighted by molar-refractivity contribution is 5.89. The number of hydrogen-bond donors (Lipinski definition) is 1. The Morgan fingerprint density at radius 2 is 1.57 bits per heavy atom. The van der Waals surface area contributed by atoms with E-state index in [0.29, 0.717) is 5.56 Å². The molecule has 110 valence electrons. The van der Waals surface area contributed by atoms with Gasteiger partial charge in [-0.25, -0.2) is 4.79 Å². The van der Waals surface area contributed by atoms with Gasteiger partial charge in [0, 0.05) is 0 Å². The molecule has 0 aliphatic rings. The van der Waals surface area contributed by atoms with Crippen molar-refractivity contribution in [3.8, 4) is 0 Å². The average Bonchev–Trinajstić information content (AvgIpc) is 2.45. The molecular formula is C19H22O2. The summed E-state index contributed by atoms with van der Waals surface area (Å²) >= 11 is 0. The maximum Gasteiger partial charge on any atom is 0.335 e. The summed E-state index contributed by atoms with van der Waals surface area (Å²) in [6, 6.07) is 15.8. The second kappa shape index (κ2) is 6.13. The summed E-state index contributed by atoms with van der Waals surface area (Å²) in [5, 5.41) is 9.19. The molecule has 0 bridgehead atoms. The van der Waals surface area contributed by atoms with Crippen molar-refractivity contribution >= 4 is 5.97 Å². The van der Waals surface area contributed by atoms with Crippen LogP contribution in [0.1, 0.15) is 47.8 Å². The average molecular weight is 282 g/mol. The molecule has 2 nitrogen and oxygen atoms in total. The van der Waals surface area contributed by atoms with Gasteiger partial charge in [-0.2, -0.15) is 0 Å². The van der Waals surface area contributed by atoms with Crippen LogP contribution in [0.2, 0.25) is 0 Å². The van der Waals surface area contributed by atoms with Crippen molar-refractivity contribution in [2.24, 2.45) is 0 Å². The van der Waals surface area contributed by atoms with Gasteiger partial charge in [-0.15, -0.1) is 0 Å². The summed E-state index contributed by atoms with van der Waals surface area (Å²) in [7, 11) is 0. The quantitative estimate of drug-likeness (QED) is 0.898. The lowest BCUT2D eigenvalue weighted by Gasteiger charge is -2.19. The fraction of sp³-hybridized carbons (Fsp3) is 0.316. The van der Waals surface area contributed by atoms with E-state index in [9.17, 15) is 9.90 Å². The van der Waals surface area contributed by atoms with Gasteiger partial charge in [-0.05, 0) is 41.0 Å². The van der Waals surface area contributed by atoms with E-state index in [0.717, 1.165) is 18.4 Å². The highest BCUT2D eigenvalue weighted by Crippen LogP contribution is 2.22. The third-order valence-electron chi connectivity index (χ3n) is 3.75. The van der Waals surface area contributed by atoms with Crippen molar-refractivity contribution in [3.05, 3.63) is 70.8 Å². The molecule has 0 heterocycles. The Morgan fingerprint density at radius 1 is 0.952 bits per heavy atom. The van der Waals surface area contributed by atoms with E-state index in [4.69, 9.17) is 0 Å². The number of carboxylic acids is 1. The van der Waals surface area contributed by atoms with Crippen LogP contribution in [0.25, 0.3) is 0 Å². The third-order valence-corrected chi connectivity index (χ3v) is 3.75. The Hall–Kier alpha value is -2.09. The molecule has 21 heavy (non-hydrogen) atoms. The van der Waals surface area contributed by atoms with E-state index >= 15 is 0 Å². The van der Waals surface area contributed by atoms with Gasteiger partial charge in [0.2, 0.25) is 0 Å². The molecule has 0 saturated heterocycles. The first-order chi connectivity index (χ1) is 9.88. The first-order valence-electron chi connectivity index (χ1n) is 7.28. The fourth-order valence-electron chi connectivity index (χ4n) is 2.40. The Labute approximate surface area is 126 Å². The molecule has 0 aromatic heterocycles. The van der Waals surface area contributed by atoms with Gasteiger partial charge in [-0.1, -0.05) is 63.2 Å². The van der Waals surface area contributed by atoms with E-state index in [1.165, 1.54) is 11.1 Å². The van der Waals surface area contributed by atoms with Crippen LogP contribution in [0.4, 0.5) is 0 Å². The molecule has 1 N–H and O–H groups in total. The highest BCUT2D eigenvalue weighted by atomic mass is 16.4. The Bertz CT molecular complexity index is 619. The van der Waals surface area contributed by atoms with Crippen molar-refractivity contribution in [3.63, 3.8) is 0 Å². The fourth-order valence-corrected chi connectivity index (χ4v) is 2.40. The molecule has 0 fully saturated rings. The molecule has 0 unspecified atom stereocenters. The molecule has 0 aliphatic carbocycles. The summed E-state index contributed by atoms with van der Waals surface area (Å²) < 4.78 is 0. The molecular weight excluding hydrogens is 260 g/mol. The predicted octanol–water partition coefficient (Wildman–Crippen LogP) is 4.47. The van der Waals surface area contributed by atoms with Gasteiger partial charge >= 0.3 is 5.97 Å². The van der Waals surface area contributed by atoms with E-state index in [1.54, 1.807) is 12.1 Å². The molecule has 0 aliphatic heterocycles. The summed E-state index contributed by atoms with van der Waals surface area (Å²) in [5.41, 5.74) is 4.02. The second-order valence-electron chi connectivity index (χ2n) is 6.41. The van der Waals surface area contributed by atoms with Crippen molar-refractivity contribution in [1.29, 1.82) is 0 Å². The van der Waals surface area contributed by atoms with Gasteiger partial charge in [0.15, 0.2) is 0 Å². The minimum absolute atomic E-state index is 0.161. The maximum absolute atomic E-state index is 11.2. The van der Waals surface area contributed by atoms with Gasteiger partial charge in [0.25, 0.3) is 0 Å². The number of benzene rings is 2. The molecule has 0 spiro atoms. The smallest absolute Gasteiger partial charge is 0.335 e. The van der Waals surface area contributed by atoms with Gasteiger partial charge in [0.1, 0.15) is 0 Å². The van der Waals surface area contributed by atoms with E-state index in [2.05, 4.69) is 45.0 Å². The van der Waals surface area contributed by atoms with E-state index in [1.807, 2.05) is 12.1 Å². The van der Waals surface area contributed by atoms with Crippen LogP contribution in [-0.4, -0.2) is 11.1 Å². The van der Waals surface area contributed by atoms with Crippen LogP contribution in [0, 0.1) is 0 Å². The topological polar surface area (TPSA) is 37.3 Å². The summed E-state index contributed by atoms with van der Waals surface area (Å²) in [6.45, 7) is 6.60. The SMILES string of the molecule is CC(C)(C)c1ccc(CCc2ccccc2C(=O)O)cc1. The standard InChI is InChI=1S/C19H22O2/c1-19(2,3)16-12-9-14(10-13-16)8-11-15-6-4-5-7-17(15)18(20)21/h4-7,9-10,12-13H,8,11H2,1-3H3,(H,20,21). The van der Waals surface area contributed by atoms with Crippen molar-refractivity contribution < 1.29 is 9.90 Å². The molecule has 0 radical (unpaired) electrons. The minimum atomic E-state index is -0.853. The zero-order valence-corrected chi connectivity index (χ0v) is 12.9. The summed E-state index contributed by atoms with van der Waals surface area (Å²) in [4.78, 5) is 11.2. The molecule has 0 amide bonds. The monoisotopic (exact) mass is 282 g/mol. The predicted molar refractivity (Wildman–Crippen MR) is 86.0 cm³/mol. The number of aromatic carboxylic acids is 1. The van der Waals surface area contributed by atoms with E-state index < -0.39 is 5.97 Å². The largest absolute Gasteiger partial charge is 0.478 e. The Morgan fingerprint density at radius 3 is 2.14 bits per heavy atom. The maximum atomic E-state index is 11.2.